The summed E-state index contributed by atoms with van der Waals surface area (Å²) in [5.74, 6) is 0.899. The summed E-state index contributed by atoms with van der Waals surface area (Å²) in [4.78, 5) is 13.4. The Labute approximate surface area is 159 Å². The molecule has 1 fully saturated rings. The molecular formula is C18H31BrN4O2. The van der Waals surface area contributed by atoms with Gasteiger partial charge >= 0.3 is 6.09 Å². The van der Waals surface area contributed by atoms with Crippen LogP contribution in [0.2, 0.25) is 0 Å². The maximum atomic E-state index is 11.4. The summed E-state index contributed by atoms with van der Waals surface area (Å²) >= 11 is 3.22. The molecule has 1 saturated carbocycles. The maximum Gasteiger partial charge on any atom is 0.407 e. The normalized spacial score (nSPS) is 15.0. The fourth-order valence-corrected chi connectivity index (χ4v) is 2.61. The molecule has 142 valence electrons. The van der Waals surface area contributed by atoms with Crippen LogP contribution in [0.5, 0.6) is 0 Å². The minimum atomic E-state index is -0.390. The van der Waals surface area contributed by atoms with E-state index in [2.05, 4.69) is 38.4 Å². The molecule has 0 aromatic carbocycles. The lowest BCUT2D eigenvalue weighted by molar-refractivity contribution is 0.0493. The van der Waals surface area contributed by atoms with E-state index in [1.54, 1.807) is 0 Å². The Bertz CT molecular complexity index is 511. The SMILES string of the molecule is CC(C)(C)OC(=O)NC1CCCCC1.CCN(C)c1ccc(Br)nn1. The zero-order chi connectivity index (χ0) is 18.9. The van der Waals surface area contributed by atoms with Gasteiger partial charge in [0, 0.05) is 19.6 Å². The third-order valence-electron chi connectivity index (χ3n) is 3.81. The molecule has 1 aromatic rings. The first-order chi connectivity index (χ1) is 11.7. The molecule has 0 spiro atoms. The fraction of sp³-hybridized carbons (Fsp3) is 0.722. The molecule has 1 aromatic heterocycles. The van der Waals surface area contributed by atoms with Crippen LogP contribution in [-0.4, -0.2) is 41.5 Å². The lowest BCUT2D eigenvalue weighted by Crippen LogP contribution is -2.39. The second-order valence-corrected chi connectivity index (χ2v) is 8.02. The van der Waals surface area contributed by atoms with Crippen LogP contribution in [0.3, 0.4) is 0 Å². The zero-order valence-corrected chi connectivity index (χ0v) is 17.6. The standard InChI is InChI=1S/C11H21NO2.C7H10BrN3/c1-11(2,3)14-10(13)12-9-7-5-4-6-8-9;1-3-11(2)7-5-4-6(8)9-10-7/h9H,4-8H2,1-3H3,(H,12,13);4-5H,3H2,1-2H3. The number of halogens is 1. The van der Waals surface area contributed by atoms with Gasteiger partial charge in [-0.3, -0.25) is 0 Å². The average Bonchev–Trinajstić information content (AvgIpc) is 2.54. The zero-order valence-electron chi connectivity index (χ0n) is 16.0. The summed E-state index contributed by atoms with van der Waals surface area (Å²) in [6.45, 7) is 8.66. The first kappa shape index (κ1) is 21.7. The second kappa shape index (κ2) is 10.6. The summed E-state index contributed by atoms with van der Waals surface area (Å²) < 4.78 is 5.96. The monoisotopic (exact) mass is 414 g/mol. The van der Waals surface area contributed by atoms with E-state index < -0.39 is 5.60 Å². The van der Waals surface area contributed by atoms with Gasteiger partial charge < -0.3 is 15.0 Å². The number of carbonyl (C=O) groups excluding carboxylic acids is 1. The van der Waals surface area contributed by atoms with E-state index >= 15 is 0 Å². The largest absolute Gasteiger partial charge is 0.444 e. The van der Waals surface area contributed by atoms with Crippen molar-refractivity contribution < 1.29 is 9.53 Å². The number of aromatic nitrogens is 2. The molecule has 0 aliphatic heterocycles. The fourth-order valence-electron chi connectivity index (χ4n) is 2.40. The van der Waals surface area contributed by atoms with E-state index in [9.17, 15) is 4.79 Å². The van der Waals surface area contributed by atoms with E-state index in [1.807, 2.05) is 44.9 Å². The highest BCUT2D eigenvalue weighted by Gasteiger charge is 2.20. The van der Waals surface area contributed by atoms with Crippen LogP contribution in [0.25, 0.3) is 0 Å². The van der Waals surface area contributed by atoms with E-state index in [-0.39, 0.29) is 6.09 Å². The summed E-state index contributed by atoms with van der Waals surface area (Å²) in [6.07, 6.45) is 5.66. The van der Waals surface area contributed by atoms with E-state index in [0.29, 0.717) is 6.04 Å². The number of anilines is 1. The van der Waals surface area contributed by atoms with Crippen molar-refractivity contribution in [1.29, 1.82) is 0 Å². The summed E-state index contributed by atoms with van der Waals surface area (Å²) in [5.41, 5.74) is -0.390. The van der Waals surface area contributed by atoms with Crippen LogP contribution >= 0.6 is 15.9 Å². The highest BCUT2D eigenvalue weighted by molar-refractivity contribution is 9.10. The highest BCUT2D eigenvalue weighted by Crippen LogP contribution is 2.18. The molecule has 0 bridgehead atoms. The molecular weight excluding hydrogens is 384 g/mol. The first-order valence-electron chi connectivity index (χ1n) is 8.91. The van der Waals surface area contributed by atoms with Crippen molar-refractivity contribution in [3.63, 3.8) is 0 Å². The predicted octanol–water partition coefficient (Wildman–Crippen LogP) is 4.54. The van der Waals surface area contributed by atoms with Crippen molar-refractivity contribution >= 4 is 27.8 Å². The van der Waals surface area contributed by atoms with Crippen molar-refractivity contribution in [3.8, 4) is 0 Å². The molecule has 1 heterocycles. The molecule has 1 amide bonds. The van der Waals surface area contributed by atoms with Gasteiger partial charge in [0.1, 0.15) is 10.2 Å². The minimum absolute atomic E-state index is 0.274. The molecule has 1 aliphatic rings. The van der Waals surface area contributed by atoms with Crippen LogP contribution in [0, 0.1) is 0 Å². The molecule has 1 aliphatic carbocycles. The van der Waals surface area contributed by atoms with Crippen LogP contribution < -0.4 is 10.2 Å². The van der Waals surface area contributed by atoms with Crippen LogP contribution in [0.15, 0.2) is 16.7 Å². The second-order valence-electron chi connectivity index (χ2n) is 7.21. The number of nitrogens with zero attached hydrogens (tertiary/aromatic N) is 3. The van der Waals surface area contributed by atoms with Crippen molar-refractivity contribution in [2.24, 2.45) is 0 Å². The van der Waals surface area contributed by atoms with Gasteiger partial charge in [-0.15, -0.1) is 10.2 Å². The Hall–Kier alpha value is -1.37. The van der Waals surface area contributed by atoms with Gasteiger partial charge in [-0.1, -0.05) is 19.3 Å². The molecule has 0 radical (unpaired) electrons. The Balaban J connectivity index is 0.000000257. The van der Waals surface area contributed by atoms with Gasteiger partial charge in [-0.25, -0.2) is 4.79 Å². The summed E-state index contributed by atoms with van der Waals surface area (Å²) in [6, 6.07) is 4.15. The maximum absolute atomic E-state index is 11.4. The van der Waals surface area contributed by atoms with E-state index in [0.717, 1.165) is 29.8 Å². The lowest BCUT2D eigenvalue weighted by Gasteiger charge is -2.25. The quantitative estimate of drug-likeness (QED) is 0.785. The minimum Gasteiger partial charge on any atom is -0.444 e. The first-order valence-corrected chi connectivity index (χ1v) is 9.70. The van der Waals surface area contributed by atoms with Crippen LogP contribution in [0.1, 0.15) is 59.8 Å². The number of hydrogen-bond donors (Lipinski definition) is 1. The van der Waals surface area contributed by atoms with E-state index in [4.69, 9.17) is 4.74 Å². The molecule has 0 unspecified atom stereocenters. The van der Waals surface area contributed by atoms with Crippen molar-refractivity contribution in [2.75, 3.05) is 18.5 Å². The smallest absolute Gasteiger partial charge is 0.407 e. The number of alkyl carbamates (subject to hydrolysis) is 1. The predicted molar refractivity (Wildman–Crippen MR) is 105 cm³/mol. The number of nitrogens with one attached hydrogen (secondary N) is 1. The highest BCUT2D eigenvalue weighted by atomic mass is 79.9. The Morgan fingerprint density at radius 1 is 1.28 bits per heavy atom. The van der Waals surface area contributed by atoms with Gasteiger partial charge in [-0.05, 0) is 68.6 Å². The van der Waals surface area contributed by atoms with Gasteiger partial charge in [0.25, 0.3) is 0 Å². The van der Waals surface area contributed by atoms with E-state index in [1.165, 1.54) is 19.3 Å². The van der Waals surface area contributed by atoms with Crippen molar-refractivity contribution in [1.82, 2.24) is 15.5 Å². The molecule has 7 heteroatoms. The number of carbonyl (C=O) groups is 1. The van der Waals surface area contributed by atoms with Gasteiger partial charge in [-0.2, -0.15) is 0 Å². The molecule has 6 nitrogen and oxygen atoms in total. The molecule has 1 N–H and O–H groups in total. The third kappa shape index (κ3) is 9.63. The molecule has 0 atom stereocenters. The number of ether oxygens (including phenoxy) is 1. The summed E-state index contributed by atoms with van der Waals surface area (Å²) in [5, 5.41) is 10.8. The Morgan fingerprint density at radius 3 is 2.40 bits per heavy atom. The van der Waals surface area contributed by atoms with Gasteiger partial charge in [0.2, 0.25) is 0 Å². The summed E-state index contributed by atoms with van der Waals surface area (Å²) in [7, 11) is 1.98. The average molecular weight is 415 g/mol. The van der Waals surface area contributed by atoms with Crippen molar-refractivity contribution in [2.45, 2.75) is 71.4 Å². The van der Waals surface area contributed by atoms with Crippen LogP contribution in [-0.2, 0) is 4.74 Å². The van der Waals surface area contributed by atoms with Crippen LogP contribution in [0.4, 0.5) is 10.6 Å². The van der Waals surface area contributed by atoms with Gasteiger partial charge in [0.05, 0.1) is 0 Å². The molecule has 25 heavy (non-hydrogen) atoms. The third-order valence-corrected chi connectivity index (χ3v) is 4.23. The van der Waals surface area contributed by atoms with Gasteiger partial charge in [0.15, 0.2) is 5.82 Å². The molecule has 2 rings (SSSR count). The number of hydrogen-bond acceptors (Lipinski definition) is 5. The topological polar surface area (TPSA) is 67.3 Å². The Morgan fingerprint density at radius 2 is 1.92 bits per heavy atom. The lowest BCUT2D eigenvalue weighted by atomic mass is 9.96. The molecule has 0 saturated heterocycles. The van der Waals surface area contributed by atoms with Crippen molar-refractivity contribution in [3.05, 3.63) is 16.7 Å². The number of amides is 1. The Kier molecular flexibility index (Phi) is 9.17. The number of rotatable bonds is 3.